The number of aliphatic hydroxyl groups is 1. The Hall–Kier alpha value is -2.23. The van der Waals surface area contributed by atoms with Crippen LogP contribution >= 0.6 is 0 Å². The van der Waals surface area contributed by atoms with Gasteiger partial charge in [0, 0.05) is 42.4 Å². The molecule has 0 spiro atoms. The van der Waals surface area contributed by atoms with Crippen molar-refractivity contribution in [1.29, 1.82) is 0 Å². The van der Waals surface area contributed by atoms with E-state index < -0.39 is 24.4 Å². The zero-order valence-corrected chi connectivity index (χ0v) is 26.8. The Bertz CT molecular complexity index is 1370. The van der Waals surface area contributed by atoms with Gasteiger partial charge in [-0.15, -0.1) is 0 Å². The van der Waals surface area contributed by atoms with E-state index in [-0.39, 0.29) is 11.5 Å². The highest BCUT2D eigenvalue weighted by atomic mass is 16.7. The first-order valence-electron chi connectivity index (χ1n) is 15.7. The highest BCUT2D eigenvalue weighted by Crippen LogP contribution is 2.41. The molecule has 0 aliphatic carbocycles. The second kappa shape index (κ2) is 12.0. The Kier molecular flexibility index (Phi) is 8.95. The Balaban J connectivity index is 1.67. The zero-order valence-electron chi connectivity index (χ0n) is 26.8. The van der Waals surface area contributed by atoms with E-state index in [2.05, 4.69) is 82.3 Å². The van der Waals surface area contributed by atoms with Gasteiger partial charge in [-0.2, -0.15) is 0 Å². The predicted octanol–water partition coefficient (Wildman–Crippen LogP) is 6.23. The fourth-order valence-electron chi connectivity index (χ4n) is 5.99. The number of rotatable bonds is 10. The average molecular weight is 577 g/mol. The number of hydrogen-bond acceptors (Lipinski definition) is 6. The second-order valence-electron chi connectivity index (χ2n) is 13.8. The summed E-state index contributed by atoms with van der Waals surface area (Å²) in [5.41, 5.74) is 5.42. The third kappa shape index (κ3) is 6.20. The fourth-order valence-corrected chi connectivity index (χ4v) is 5.99. The summed E-state index contributed by atoms with van der Waals surface area (Å²) in [6.07, 6.45) is 5.08. The predicted molar refractivity (Wildman–Crippen MR) is 169 cm³/mol. The molecule has 3 aromatic rings. The van der Waals surface area contributed by atoms with Crippen molar-refractivity contribution >= 4 is 23.5 Å². The van der Waals surface area contributed by atoms with E-state index in [1.54, 1.807) is 13.1 Å². The molecule has 1 unspecified atom stereocenters. The third-order valence-corrected chi connectivity index (χ3v) is 9.66. The standard InChI is InChI=1S/C34H49BN2O5/c1-9-32(3,4)22-28-27-21-24(35-41-33(5,6)34(7,8)42-35)12-13-29(27)37(17-20-40-25-14-18-39-19-15-25)31(28)26-11-10-16-36-30(26)23(2)38/h10-13,16,21,23,25,38H,9,14-15,17-20,22H2,1-8H3. The molecule has 4 heterocycles. The van der Waals surface area contributed by atoms with Crippen molar-refractivity contribution in [2.75, 3.05) is 19.8 Å². The van der Waals surface area contributed by atoms with Gasteiger partial charge in [-0.1, -0.05) is 39.3 Å². The van der Waals surface area contributed by atoms with Crippen LogP contribution in [-0.4, -0.2) is 58.9 Å². The molecule has 5 rings (SSSR count). The molecule has 2 aliphatic heterocycles. The summed E-state index contributed by atoms with van der Waals surface area (Å²) >= 11 is 0. The minimum atomic E-state index is -0.696. The molecule has 2 saturated heterocycles. The van der Waals surface area contributed by atoms with E-state index in [4.69, 9.17) is 18.8 Å². The number of ether oxygens (including phenoxy) is 2. The summed E-state index contributed by atoms with van der Waals surface area (Å²) in [6, 6.07) is 10.7. The molecule has 0 amide bonds. The van der Waals surface area contributed by atoms with Crippen LogP contribution in [0.5, 0.6) is 0 Å². The Morgan fingerprint density at radius 3 is 2.45 bits per heavy atom. The minimum absolute atomic E-state index is 0.0695. The largest absolute Gasteiger partial charge is 0.494 e. The normalized spacial score (nSPS) is 20.0. The van der Waals surface area contributed by atoms with E-state index >= 15 is 0 Å². The van der Waals surface area contributed by atoms with E-state index in [1.807, 2.05) is 6.07 Å². The molecular formula is C34H49BN2O5. The van der Waals surface area contributed by atoms with E-state index in [1.165, 1.54) is 10.9 Å². The van der Waals surface area contributed by atoms with Gasteiger partial charge in [0.15, 0.2) is 0 Å². The third-order valence-electron chi connectivity index (χ3n) is 9.66. The number of pyridine rings is 1. The van der Waals surface area contributed by atoms with Crippen molar-refractivity contribution in [1.82, 2.24) is 9.55 Å². The van der Waals surface area contributed by atoms with E-state index in [9.17, 15) is 5.11 Å². The van der Waals surface area contributed by atoms with Gasteiger partial charge in [-0.3, -0.25) is 4.98 Å². The van der Waals surface area contributed by atoms with Crippen molar-refractivity contribution in [2.45, 2.75) is 111 Å². The first-order chi connectivity index (χ1) is 19.8. The summed E-state index contributed by atoms with van der Waals surface area (Å²) in [5, 5.41) is 12.0. The van der Waals surface area contributed by atoms with Crippen LogP contribution in [0.1, 0.15) is 92.0 Å². The molecule has 1 aromatic carbocycles. The lowest BCUT2D eigenvalue weighted by molar-refractivity contribution is -0.0336. The smallest absolute Gasteiger partial charge is 0.399 e. The first-order valence-corrected chi connectivity index (χ1v) is 15.7. The van der Waals surface area contributed by atoms with Crippen molar-refractivity contribution < 1.29 is 23.9 Å². The van der Waals surface area contributed by atoms with Crippen LogP contribution in [-0.2, 0) is 31.7 Å². The van der Waals surface area contributed by atoms with Gasteiger partial charge < -0.3 is 28.5 Å². The van der Waals surface area contributed by atoms with E-state index in [0.29, 0.717) is 18.8 Å². The quantitative estimate of drug-likeness (QED) is 0.289. The van der Waals surface area contributed by atoms with Crippen molar-refractivity contribution in [2.24, 2.45) is 5.41 Å². The fraction of sp³-hybridized carbons (Fsp3) is 0.618. The summed E-state index contributed by atoms with van der Waals surface area (Å²) < 4.78 is 27.2. The maximum Gasteiger partial charge on any atom is 0.494 e. The number of benzene rings is 1. The Labute approximate surface area is 252 Å². The van der Waals surface area contributed by atoms with E-state index in [0.717, 1.165) is 61.1 Å². The minimum Gasteiger partial charge on any atom is -0.399 e. The lowest BCUT2D eigenvalue weighted by Crippen LogP contribution is -2.41. The monoisotopic (exact) mass is 576 g/mol. The zero-order chi connectivity index (χ0) is 30.3. The number of fused-ring (bicyclic) bond motifs is 1. The molecular weight excluding hydrogens is 527 g/mol. The number of aliphatic hydroxyl groups excluding tert-OH is 1. The van der Waals surface area contributed by atoms with Crippen LogP contribution in [0.3, 0.4) is 0 Å². The summed E-state index contributed by atoms with van der Waals surface area (Å²) in [5.74, 6) is 0. The summed E-state index contributed by atoms with van der Waals surface area (Å²) in [6.45, 7) is 19.9. The number of nitrogens with zero attached hydrogens (tertiary/aromatic N) is 2. The molecule has 1 N–H and O–H groups in total. The topological polar surface area (TPSA) is 75.0 Å². The molecule has 7 nitrogen and oxygen atoms in total. The number of aromatic nitrogens is 2. The van der Waals surface area contributed by atoms with Gasteiger partial charge >= 0.3 is 7.12 Å². The summed E-state index contributed by atoms with van der Waals surface area (Å²) in [7, 11) is -0.443. The van der Waals surface area contributed by atoms with Gasteiger partial charge in [0.2, 0.25) is 0 Å². The van der Waals surface area contributed by atoms with Crippen molar-refractivity contribution in [3.05, 3.63) is 47.8 Å². The molecule has 8 heteroatoms. The van der Waals surface area contributed by atoms with Crippen LogP contribution in [0.25, 0.3) is 22.2 Å². The van der Waals surface area contributed by atoms with Crippen LogP contribution in [0, 0.1) is 5.41 Å². The SMILES string of the molecule is CCC(C)(C)Cc1c(-c2cccnc2C(C)O)n(CCOC2CCOCC2)c2ccc(B3OC(C)(C)C(C)(C)O3)cc12. The van der Waals surface area contributed by atoms with Gasteiger partial charge in [0.25, 0.3) is 0 Å². The van der Waals surface area contributed by atoms with Gasteiger partial charge in [-0.25, -0.2) is 0 Å². The Morgan fingerprint density at radius 1 is 1.12 bits per heavy atom. The maximum absolute atomic E-state index is 10.8. The van der Waals surface area contributed by atoms with Crippen molar-refractivity contribution in [3.8, 4) is 11.3 Å². The van der Waals surface area contributed by atoms with Crippen LogP contribution < -0.4 is 5.46 Å². The summed E-state index contributed by atoms with van der Waals surface area (Å²) in [4.78, 5) is 4.64. The molecule has 228 valence electrons. The van der Waals surface area contributed by atoms with Crippen molar-refractivity contribution in [3.63, 3.8) is 0 Å². The molecule has 2 aromatic heterocycles. The average Bonchev–Trinajstić information content (AvgIpc) is 3.36. The Morgan fingerprint density at radius 2 is 1.81 bits per heavy atom. The van der Waals surface area contributed by atoms with Crippen LogP contribution in [0.4, 0.5) is 0 Å². The molecule has 42 heavy (non-hydrogen) atoms. The molecule has 2 fully saturated rings. The number of hydrogen-bond donors (Lipinski definition) is 1. The highest BCUT2D eigenvalue weighted by molar-refractivity contribution is 6.62. The first kappa shape index (κ1) is 31.2. The van der Waals surface area contributed by atoms with Gasteiger partial charge in [-0.05, 0) is 88.5 Å². The van der Waals surface area contributed by atoms with Gasteiger partial charge in [0.1, 0.15) is 0 Å². The highest BCUT2D eigenvalue weighted by Gasteiger charge is 2.51. The maximum atomic E-state index is 10.8. The molecule has 0 bridgehead atoms. The lowest BCUT2D eigenvalue weighted by atomic mass is 9.77. The van der Waals surface area contributed by atoms with Crippen LogP contribution in [0.2, 0.25) is 0 Å². The molecule has 1 atom stereocenters. The molecule has 0 radical (unpaired) electrons. The molecule has 2 aliphatic rings. The van der Waals surface area contributed by atoms with Crippen LogP contribution in [0.15, 0.2) is 36.5 Å². The van der Waals surface area contributed by atoms with Gasteiger partial charge in [0.05, 0.1) is 41.4 Å². The lowest BCUT2D eigenvalue weighted by Gasteiger charge is -2.32. The molecule has 0 saturated carbocycles. The second-order valence-corrected chi connectivity index (χ2v) is 13.8.